The SMILES string of the molecule is C=C(C)C12OC3(/C=C/C=C\CCCCC)OC1C1C4O[C@]4(CO)[C@@H](O)[C@]4(O)C(=O)C(C)=CC4C1(O3)[C@H](C)[C@H]2OC(=O)c1ccccc1. The van der Waals surface area contributed by atoms with Gasteiger partial charge in [0.15, 0.2) is 17.0 Å². The minimum atomic E-state index is -2.41. The third kappa shape index (κ3) is 4.16. The van der Waals surface area contributed by atoms with E-state index in [0.717, 1.165) is 25.7 Å². The van der Waals surface area contributed by atoms with Gasteiger partial charge in [0.1, 0.15) is 30.0 Å². The van der Waals surface area contributed by atoms with E-state index in [-0.39, 0.29) is 5.57 Å². The summed E-state index contributed by atoms with van der Waals surface area (Å²) < 4.78 is 33.2. The second-order valence-electron chi connectivity index (χ2n) is 14.1. The van der Waals surface area contributed by atoms with Crippen molar-refractivity contribution in [3.63, 3.8) is 0 Å². The number of ketones is 1. The highest BCUT2D eigenvalue weighted by Gasteiger charge is 2.90. The van der Waals surface area contributed by atoms with Crippen LogP contribution in [0.15, 0.2) is 78.4 Å². The quantitative estimate of drug-likeness (QED) is 0.113. The maximum Gasteiger partial charge on any atom is 0.338 e. The van der Waals surface area contributed by atoms with E-state index < -0.39 is 88.9 Å². The minimum absolute atomic E-state index is 0.238. The summed E-state index contributed by atoms with van der Waals surface area (Å²) in [6.45, 7) is 11.0. The molecule has 10 nitrogen and oxygen atoms in total. The van der Waals surface area contributed by atoms with Crippen molar-refractivity contribution in [2.45, 2.75) is 106 Å². The molecule has 7 rings (SSSR count). The van der Waals surface area contributed by atoms with Gasteiger partial charge in [-0.25, -0.2) is 4.79 Å². The van der Waals surface area contributed by atoms with Crippen LogP contribution in [-0.4, -0.2) is 86.5 Å². The monoisotopic (exact) mass is 648 g/mol. The first-order chi connectivity index (χ1) is 22.4. The van der Waals surface area contributed by atoms with Gasteiger partial charge in [0.2, 0.25) is 0 Å². The van der Waals surface area contributed by atoms with Crippen molar-refractivity contribution < 1.29 is 48.6 Å². The number of carbonyl (C=O) groups is 2. The number of fused-ring (bicyclic) bond motifs is 3. The van der Waals surface area contributed by atoms with Crippen molar-refractivity contribution in [1.82, 2.24) is 0 Å². The molecule has 1 aromatic rings. The van der Waals surface area contributed by atoms with E-state index >= 15 is 0 Å². The van der Waals surface area contributed by atoms with Gasteiger partial charge < -0.3 is 39.0 Å². The molecule has 252 valence electrons. The Morgan fingerprint density at radius 1 is 1.11 bits per heavy atom. The molecule has 3 aliphatic heterocycles. The molecule has 1 aromatic carbocycles. The highest BCUT2D eigenvalue weighted by atomic mass is 16.9. The van der Waals surface area contributed by atoms with Crippen molar-refractivity contribution in [2.24, 2.45) is 17.8 Å². The van der Waals surface area contributed by atoms with Crippen LogP contribution in [0.5, 0.6) is 0 Å². The van der Waals surface area contributed by atoms with Gasteiger partial charge in [0.05, 0.1) is 17.8 Å². The molecule has 7 unspecified atom stereocenters. The second kappa shape index (κ2) is 11.0. The van der Waals surface area contributed by atoms with E-state index in [2.05, 4.69) is 13.5 Å². The number of unbranched alkanes of at least 4 members (excludes halogenated alkanes) is 3. The fourth-order valence-corrected chi connectivity index (χ4v) is 9.24. The van der Waals surface area contributed by atoms with Gasteiger partial charge in [0.25, 0.3) is 0 Å². The Hall–Kier alpha value is -2.96. The first-order valence-corrected chi connectivity index (χ1v) is 16.7. The summed E-state index contributed by atoms with van der Waals surface area (Å²) in [4.78, 5) is 27.6. The summed E-state index contributed by atoms with van der Waals surface area (Å²) in [6.07, 6.45) is 8.51. The number of esters is 1. The van der Waals surface area contributed by atoms with Gasteiger partial charge in [-0.1, -0.05) is 75.8 Å². The Morgan fingerprint density at radius 2 is 1.85 bits per heavy atom. The van der Waals surface area contributed by atoms with Crippen molar-refractivity contribution in [3.8, 4) is 0 Å². The third-order valence-electron chi connectivity index (χ3n) is 11.5. The van der Waals surface area contributed by atoms with Crippen LogP contribution >= 0.6 is 0 Å². The van der Waals surface area contributed by atoms with Gasteiger partial charge in [-0.05, 0) is 50.0 Å². The molecule has 3 heterocycles. The number of rotatable bonds is 10. The minimum Gasteiger partial charge on any atom is -0.455 e. The Morgan fingerprint density at radius 3 is 2.53 bits per heavy atom. The van der Waals surface area contributed by atoms with Gasteiger partial charge >= 0.3 is 11.9 Å². The van der Waals surface area contributed by atoms with E-state index in [1.807, 2.05) is 19.1 Å². The largest absolute Gasteiger partial charge is 0.455 e. The number of epoxide rings is 1. The van der Waals surface area contributed by atoms with Crippen LogP contribution in [0.2, 0.25) is 0 Å². The lowest BCUT2D eigenvalue weighted by atomic mass is 9.53. The van der Waals surface area contributed by atoms with Crippen molar-refractivity contribution in [2.75, 3.05) is 6.61 Å². The van der Waals surface area contributed by atoms with E-state index in [4.69, 9.17) is 23.7 Å². The number of carbonyl (C=O) groups excluding carboxylic acids is 2. The lowest BCUT2D eigenvalue weighted by Gasteiger charge is -2.61. The van der Waals surface area contributed by atoms with E-state index in [1.54, 1.807) is 62.4 Å². The molecule has 0 radical (unpaired) electrons. The molecule has 3 aliphatic carbocycles. The molecule has 0 spiro atoms. The molecule has 3 saturated heterocycles. The topological polar surface area (TPSA) is 144 Å². The van der Waals surface area contributed by atoms with E-state index in [0.29, 0.717) is 11.1 Å². The number of ether oxygens (including phenoxy) is 5. The molecular formula is C37H44O10. The standard InChI is InChI=1S/C37H44O10/c1-6-7-8-9-10-11-15-18-34-45-30-26-29-33(20-38,44-29)32(41)35(42)25(19-22(4)27(35)39)37(26,47-34)23(5)28(36(30,46-34)21(2)3)43-31(40)24-16-13-12-14-17-24/h10-19,23,25-26,28-30,32,38,41-42H,2,6-9,20H2,1,3-5H3/b11-10-,18-15+/t23-,25?,26?,28-,29?,30?,32-,33+,34?,35-,36?,37?/m1/s1. The van der Waals surface area contributed by atoms with Crippen LogP contribution in [0.1, 0.15) is 63.7 Å². The number of Topliss-reactive ketones (excluding diaryl/α,β-unsaturated/α-hetero) is 1. The average Bonchev–Trinajstić information content (AvgIpc) is 3.69. The molecule has 6 aliphatic rings. The Kier molecular flexibility index (Phi) is 7.65. The lowest BCUT2D eigenvalue weighted by molar-refractivity contribution is -0.407. The number of hydrogen-bond acceptors (Lipinski definition) is 10. The summed E-state index contributed by atoms with van der Waals surface area (Å²) in [5.74, 6) is -5.81. The van der Waals surface area contributed by atoms with Crippen LogP contribution in [-0.2, 0) is 28.5 Å². The lowest BCUT2D eigenvalue weighted by Crippen LogP contribution is -2.76. The summed E-state index contributed by atoms with van der Waals surface area (Å²) in [7, 11) is 0. The van der Waals surface area contributed by atoms with E-state index in [1.165, 1.54) is 0 Å². The zero-order valence-electron chi connectivity index (χ0n) is 27.3. The average molecular weight is 649 g/mol. The molecule has 0 aromatic heterocycles. The predicted molar refractivity (Wildman–Crippen MR) is 169 cm³/mol. The zero-order valence-corrected chi connectivity index (χ0v) is 27.3. The number of aliphatic hydroxyl groups excluding tert-OH is 2. The van der Waals surface area contributed by atoms with Crippen molar-refractivity contribution in [3.05, 3.63) is 84.0 Å². The van der Waals surface area contributed by atoms with Crippen LogP contribution in [0, 0.1) is 17.8 Å². The highest BCUT2D eigenvalue weighted by molar-refractivity contribution is 6.05. The van der Waals surface area contributed by atoms with Gasteiger partial charge in [-0.2, -0.15) is 0 Å². The summed E-state index contributed by atoms with van der Waals surface area (Å²) in [5.41, 5.74) is -6.01. The van der Waals surface area contributed by atoms with Crippen LogP contribution in [0.25, 0.3) is 0 Å². The Bertz CT molecular complexity index is 1570. The maximum absolute atomic E-state index is 13.8. The molecule has 0 amide bonds. The van der Waals surface area contributed by atoms with Crippen LogP contribution in [0.3, 0.4) is 0 Å². The number of benzene rings is 1. The summed E-state index contributed by atoms with van der Waals surface area (Å²) in [5, 5.41) is 34.9. The third-order valence-corrected chi connectivity index (χ3v) is 11.5. The predicted octanol–water partition coefficient (Wildman–Crippen LogP) is 3.70. The smallest absolute Gasteiger partial charge is 0.338 e. The zero-order chi connectivity index (χ0) is 33.6. The van der Waals surface area contributed by atoms with E-state index in [9.17, 15) is 24.9 Å². The van der Waals surface area contributed by atoms with Crippen LogP contribution < -0.4 is 0 Å². The molecule has 10 heteroatoms. The number of hydrogen-bond donors (Lipinski definition) is 3. The fraction of sp³-hybridized carbons (Fsp3) is 0.568. The maximum atomic E-state index is 13.8. The number of allylic oxidation sites excluding steroid dienone is 3. The van der Waals surface area contributed by atoms with Crippen molar-refractivity contribution >= 4 is 11.8 Å². The molecule has 3 N–H and O–H groups in total. The first-order valence-electron chi connectivity index (χ1n) is 16.7. The summed E-state index contributed by atoms with van der Waals surface area (Å²) >= 11 is 0. The molecular weight excluding hydrogens is 604 g/mol. The molecule has 12 atom stereocenters. The molecule has 2 saturated carbocycles. The van der Waals surface area contributed by atoms with Gasteiger partial charge in [-0.3, -0.25) is 4.79 Å². The van der Waals surface area contributed by atoms with Crippen LogP contribution in [0.4, 0.5) is 0 Å². The molecule has 5 fully saturated rings. The van der Waals surface area contributed by atoms with Gasteiger partial charge in [0, 0.05) is 23.8 Å². The first kappa shape index (κ1) is 32.6. The summed E-state index contributed by atoms with van der Waals surface area (Å²) in [6, 6.07) is 8.57. The number of aliphatic hydroxyl groups is 3. The van der Waals surface area contributed by atoms with Gasteiger partial charge in [-0.15, -0.1) is 0 Å². The highest BCUT2D eigenvalue weighted by Crippen LogP contribution is 2.73. The molecule has 47 heavy (non-hydrogen) atoms. The molecule has 3 bridgehead atoms. The second-order valence-corrected chi connectivity index (χ2v) is 14.1. The Balaban J connectivity index is 1.41. The normalized spacial score (nSPS) is 45.8. The Labute approximate surface area is 274 Å². The fourth-order valence-electron chi connectivity index (χ4n) is 9.24. The van der Waals surface area contributed by atoms with Crippen molar-refractivity contribution in [1.29, 1.82) is 0 Å².